The van der Waals surface area contributed by atoms with E-state index in [-0.39, 0.29) is 17.8 Å². The molecule has 0 aliphatic heterocycles. The predicted molar refractivity (Wildman–Crippen MR) is 74.1 cm³/mol. The number of nitrogens with zero attached hydrogens (tertiary/aromatic N) is 2. The van der Waals surface area contributed by atoms with E-state index in [4.69, 9.17) is 5.84 Å². The Kier molecular flexibility index (Phi) is 4.40. The monoisotopic (exact) mass is 311 g/mol. The molecule has 2 aromatic rings. The number of thiazole rings is 1. The third-order valence-electron chi connectivity index (χ3n) is 2.57. The van der Waals surface area contributed by atoms with Crippen molar-refractivity contribution < 1.29 is 14.1 Å². The highest BCUT2D eigenvalue weighted by Gasteiger charge is 2.23. The number of hydrogen-bond donors (Lipinski definition) is 3. The number of nitrogen functional groups attached to an aromatic ring is 1. The molecule has 0 aliphatic carbocycles. The Morgan fingerprint density at radius 3 is 2.86 bits per heavy atom. The van der Waals surface area contributed by atoms with Gasteiger partial charge in [0, 0.05) is 11.6 Å². The van der Waals surface area contributed by atoms with Gasteiger partial charge in [0.25, 0.3) is 11.6 Å². The van der Waals surface area contributed by atoms with Crippen molar-refractivity contribution >= 4 is 28.6 Å². The number of carbonyl (C=O) groups excluding carboxylic acids is 1. The number of nitro benzene ring substituents is 1. The Labute approximate surface area is 121 Å². The van der Waals surface area contributed by atoms with E-state index in [1.807, 2.05) is 5.43 Å². The Balaban J connectivity index is 2.27. The summed E-state index contributed by atoms with van der Waals surface area (Å²) >= 11 is 1.33. The molecule has 0 unspecified atom stereocenters. The summed E-state index contributed by atoms with van der Waals surface area (Å²) in [6.45, 7) is 0.121. The van der Waals surface area contributed by atoms with Gasteiger partial charge >= 0.3 is 0 Å². The van der Waals surface area contributed by atoms with Crippen LogP contribution in [0.5, 0.6) is 0 Å². The van der Waals surface area contributed by atoms with E-state index in [1.165, 1.54) is 11.3 Å². The van der Waals surface area contributed by atoms with E-state index in [9.17, 15) is 19.3 Å². The fourth-order valence-corrected chi connectivity index (χ4v) is 2.15. The Hall–Kier alpha value is -2.59. The molecule has 1 amide bonds. The Morgan fingerprint density at radius 1 is 1.52 bits per heavy atom. The molecule has 1 heterocycles. The molecule has 2 rings (SSSR count). The second-order valence-electron chi connectivity index (χ2n) is 3.86. The first-order valence-corrected chi connectivity index (χ1v) is 6.52. The molecule has 10 heteroatoms. The van der Waals surface area contributed by atoms with Gasteiger partial charge in [-0.2, -0.15) is 0 Å². The van der Waals surface area contributed by atoms with Crippen molar-refractivity contribution in [1.29, 1.82) is 0 Å². The molecule has 21 heavy (non-hydrogen) atoms. The zero-order valence-corrected chi connectivity index (χ0v) is 11.3. The number of anilines is 1. The number of rotatable bonds is 5. The maximum absolute atomic E-state index is 13.5. The maximum atomic E-state index is 13.5. The molecule has 110 valence electrons. The van der Waals surface area contributed by atoms with Crippen LogP contribution in [0, 0.1) is 15.9 Å². The van der Waals surface area contributed by atoms with Gasteiger partial charge in [0.05, 0.1) is 23.2 Å². The van der Waals surface area contributed by atoms with Gasteiger partial charge in [0.1, 0.15) is 10.6 Å². The minimum atomic E-state index is -0.916. The molecule has 8 nitrogen and oxygen atoms in total. The first-order valence-electron chi connectivity index (χ1n) is 5.64. The minimum absolute atomic E-state index is 0.121. The van der Waals surface area contributed by atoms with Crippen LogP contribution < -0.4 is 16.6 Å². The van der Waals surface area contributed by atoms with Crippen LogP contribution >= 0.6 is 11.3 Å². The number of nitro groups is 1. The number of hydrogen-bond acceptors (Lipinski definition) is 7. The minimum Gasteiger partial charge on any atom is -0.345 e. The number of nitrogens with two attached hydrogens (primary N) is 1. The summed E-state index contributed by atoms with van der Waals surface area (Å²) in [7, 11) is 0. The van der Waals surface area contributed by atoms with Crippen LogP contribution in [0.2, 0.25) is 0 Å². The van der Waals surface area contributed by atoms with Crippen molar-refractivity contribution in [1.82, 2.24) is 10.3 Å². The molecule has 1 aromatic heterocycles. The fourth-order valence-electron chi connectivity index (χ4n) is 1.60. The van der Waals surface area contributed by atoms with Crippen molar-refractivity contribution in [3.63, 3.8) is 0 Å². The molecule has 0 bridgehead atoms. The molecule has 0 saturated heterocycles. The molecular formula is C11H10FN5O3S. The van der Waals surface area contributed by atoms with E-state index in [1.54, 1.807) is 11.6 Å². The zero-order chi connectivity index (χ0) is 15.4. The van der Waals surface area contributed by atoms with Crippen LogP contribution in [-0.2, 0) is 6.54 Å². The third kappa shape index (κ3) is 3.30. The summed E-state index contributed by atoms with van der Waals surface area (Å²) in [5.74, 6) is 3.47. The van der Waals surface area contributed by atoms with E-state index in [2.05, 4.69) is 10.3 Å². The molecule has 0 atom stereocenters. The van der Waals surface area contributed by atoms with E-state index in [0.29, 0.717) is 11.1 Å². The van der Waals surface area contributed by atoms with Crippen molar-refractivity contribution in [2.75, 3.05) is 5.43 Å². The third-order valence-corrected chi connectivity index (χ3v) is 3.35. The number of benzene rings is 1. The summed E-state index contributed by atoms with van der Waals surface area (Å²) in [6.07, 6.45) is 1.57. The summed E-state index contributed by atoms with van der Waals surface area (Å²) in [6, 6.07) is 1.64. The van der Waals surface area contributed by atoms with Crippen LogP contribution in [0.1, 0.15) is 15.4 Å². The number of aromatic nitrogens is 1. The van der Waals surface area contributed by atoms with Crippen molar-refractivity contribution in [2.45, 2.75) is 6.54 Å². The molecule has 0 radical (unpaired) electrons. The quantitative estimate of drug-likeness (QED) is 0.436. The van der Waals surface area contributed by atoms with Gasteiger partial charge in [-0.05, 0) is 6.07 Å². The van der Waals surface area contributed by atoms with Gasteiger partial charge < -0.3 is 10.7 Å². The van der Waals surface area contributed by atoms with Gasteiger partial charge in [0.2, 0.25) is 0 Å². The van der Waals surface area contributed by atoms with Crippen LogP contribution in [0.15, 0.2) is 23.7 Å². The second-order valence-corrected chi connectivity index (χ2v) is 4.84. The largest absolute Gasteiger partial charge is 0.345 e. The van der Waals surface area contributed by atoms with Crippen LogP contribution in [0.3, 0.4) is 0 Å². The van der Waals surface area contributed by atoms with E-state index in [0.717, 1.165) is 6.07 Å². The number of amides is 1. The molecule has 0 saturated carbocycles. The van der Waals surface area contributed by atoms with Gasteiger partial charge in [-0.25, -0.2) is 9.37 Å². The van der Waals surface area contributed by atoms with Crippen molar-refractivity contribution in [3.05, 3.63) is 50.2 Å². The molecular weight excluding hydrogens is 301 g/mol. The van der Waals surface area contributed by atoms with Crippen molar-refractivity contribution in [2.24, 2.45) is 5.84 Å². The van der Waals surface area contributed by atoms with Gasteiger partial charge in [0.15, 0.2) is 5.82 Å². The zero-order valence-electron chi connectivity index (χ0n) is 10.5. The second kappa shape index (κ2) is 6.24. The van der Waals surface area contributed by atoms with E-state index >= 15 is 0 Å². The highest BCUT2D eigenvalue weighted by molar-refractivity contribution is 7.09. The lowest BCUT2D eigenvalue weighted by Gasteiger charge is -2.07. The molecule has 0 aliphatic rings. The fraction of sp³-hybridized carbons (Fsp3) is 0.0909. The van der Waals surface area contributed by atoms with Crippen molar-refractivity contribution in [3.8, 4) is 0 Å². The lowest BCUT2D eigenvalue weighted by atomic mass is 10.1. The predicted octanol–water partition coefficient (Wildman–Crippen LogP) is 1.41. The first kappa shape index (κ1) is 14.8. The van der Waals surface area contributed by atoms with E-state index < -0.39 is 22.3 Å². The van der Waals surface area contributed by atoms with Gasteiger partial charge in [-0.3, -0.25) is 20.8 Å². The highest BCUT2D eigenvalue weighted by atomic mass is 32.1. The average Bonchev–Trinajstić information content (AvgIpc) is 2.97. The van der Waals surface area contributed by atoms with Gasteiger partial charge in [-0.15, -0.1) is 11.3 Å². The molecule has 0 spiro atoms. The first-order chi connectivity index (χ1) is 10.0. The Bertz CT molecular complexity index is 677. The number of hydrazine groups is 1. The van der Waals surface area contributed by atoms with Crippen LogP contribution in [0.25, 0.3) is 0 Å². The summed E-state index contributed by atoms with van der Waals surface area (Å²) in [4.78, 5) is 26.1. The molecule has 4 N–H and O–H groups in total. The van der Waals surface area contributed by atoms with Crippen LogP contribution in [0.4, 0.5) is 15.8 Å². The maximum Gasteiger partial charge on any atom is 0.285 e. The lowest BCUT2D eigenvalue weighted by Crippen LogP contribution is -2.24. The molecule has 0 fully saturated rings. The summed E-state index contributed by atoms with van der Waals surface area (Å²) in [5, 5.41) is 15.8. The molecule has 1 aromatic carbocycles. The summed E-state index contributed by atoms with van der Waals surface area (Å²) in [5.41, 5.74) is 0.908. The average molecular weight is 311 g/mol. The standard InChI is InChI=1S/C11H10FN5O3S/c12-7-4-9(17(19)20)6(3-8(7)16-13)11(18)15-5-10-14-1-2-21-10/h1-4,16H,5,13H2,(H,15,18). The number of carbonyl (C=O) groups is 1. The Morgan fingerprint density at radius 2 is 2.29 bits per heavy atom. The SMILES string of the molecule is NNc1cc(C(=O)NCc2nccs2)c([N+](=O)[O-])cc1F. The normalized spacial score (nSPS) is 10.2. The lowest BCUT2D eigenvalue weighted by molar-refractivity contribution is -0.385. The number of nitrogens with one attached hydrogen (secondary N) is 2. The summed E-state index contributed by atoms with van der Waals surface area (Å²) < 4.78 is 13.5. The topological polar surface area (TPSA) is 123 Å². The number of halogens is 1. The van der Waals surface area contributed by atoms with Gasteiger partial charge in [-0.1, -0.05) is 0 Å². The van der Waals surface area contributed by atoms with Crippen LogP contribution in [-0.4, -0.2) is 15.8 Å². The smallest absolute Gasteiger partial charge is 0.285 e. The highest BCUT2D eigenvalue weighted by Crippen LogP contribution is 2.25.